The van der Waals surface area contributed by atoms with Crippen LogP contribution in [0.3, 0.4) is 0 Å². The first-order valence-corrected chi connectivity index (χ1v) is 8.02. The Balaban J connectivity index is 5.08. The van der Waals surface area contributed by atoms with E-state index in [-0.39, 0.29) is 4.99 Å². The number of carbonyl (C=O) groups excluding carboxylic acids is 3. The van der Waals surface area contributed by atoms with Gasteiger partial charge in [0.2, 0.25) is 5.91 Å². The molecule has 0 aliphatic carbocycles. The molecule has 4 amide bonds. The molecule has 0 spiro atoms. The topological polar surface area (TPSA) is 220 Å². The molecular formula is C13H24N6O7S. The van der Waals surface area contributed by atoms with Crippen LogP contribution >= 0.6 is 12.2 Å². The normalized spacial score (nSPS) is 14.9. The van der Waals surface area contributed by atoms with Crippen LogP contribution in [-0.2, 0) is 14.4 Å². The Bertz CT molecular complexity index is 588. The van der Waals surface area contributed by atoms with Crippen molar-refractivity contribution in [2.75, 3.05) is 13.7 Å². The average Bonchev–Trinajstić information content (AvgIpc) is 2.56. The number of carboxylic acids is 1. The minimum atomic E-state index is -1.61. The van der Waals surface area contributed by atoms with Gasteiger partial charge in [0.1, 0.15) is 11.0 Å². The van der Waals surface area contributed by atoms with Crippen molar-refractivity contribution in [2.45, 2.75) is 37.6 Å². The second-order valence-electron chi connectivity index (χ2n) is 5.55. The highest BCUT2D eigenvalue weighted by molar-refractivity contribution is 7.80. The molecule has 0 bridgehead atoms. The SMILES string of the molecule is CC(O)C(N)C(=S)NN(C)C(=O)C(CC(N)=O)NC(=O)NC(CO)C(=O)O. The van der Waals surface area contributed by atoms with Crippen molar-refractivity contribution in [3.05, 3.63) is 0 Å². The summed E-state index contributed by atoms with van der Waals surface area (Å²) in [4.78, 5) is 46.2. The maximum Gasteiger partial charge on any atom is 0.328 e. The Morgan fingerprint density at radius 3 is 2.11 bits per heavy atom. The molecule has 4 atom stereocenters. The Morgan fingerprint density at radius 1 is 1.19 bits per heavy atom. The van der Waals surface area contributed by atoms with Gasteiger partial charge in [0.15, 0.2) is 6.04 Å². The van der Waals surface area contributed by atoms with Crippen LogP contribution in [0.2, 0.25) is 0 Å². The number of nitrogens with one attached hydrogen (secondary N) is 3. The molecule has 0 rings (SSSR count). The summed E-state index contributed by atoms with van der Waals surface area (Å²) in [6.45, 7) is 0.506. The monoisotopic (exact) mass is 408 g/mol. The van der Waals surface area contributed by atoms with Crippen LogP contribution < -0.4 is 27.5 Å². The van der Waals surface area contributed by atoms with E-state index in [0.29, 0.717) is 0 Å². The second-order valence-corrected chi connectivity index (χ2v) is 5.99. The second kappa shape index (κ2) is 11.2. The van der Waals surface area contributed by atoms with Gasteiger partial charge in [-0.3, -0.25) is 20.0 Å². The molecule has 0 aromatic rings. The zero-order valence-electron chi connectivity index (χ0n) is 14.7. The third kappa shape index (κ3) is 8.59. The van der Waals surface area contributed by atoms with E-state index in [1.54, 1.807) is 0 Å². The molecular weight excluding hydrogens is 384 g/mol. The van der Waals surface area contributed by atoms with E-state index in [0.717, 1.165) is 5.01 Å². The van der Waals surface area contributed by atoms with E-state index in [4.69, 9.17) is 33.9 Å². The van der Waals surface area contributed by atoms with Gasteiger partial charge in [-0.25, -0.2) is 9.59 Å². The van der Waals surface area contributed by atoms with Crippen molar-refractivity contribution in [1.82, 2.24) is 21.1 Å². The molecule has 0 aromatic carbocycles. The van der Waals surface area contributed by atoms with Gasteiger partial charge in [-0.05, 0) is 6.92 Å². The summed E-state index contributed by atoms with van der Waals surface area (Å²) in [6.07, 6.45) is -1.59. The van der Waals surface area contributed by atoms with E-state index >= 15 is 0 Å². The number of thiocarbonyl (C=S) groups is 1. The maximum absolute atomic E-state index is 12.4. The van der Waals surface area contributed by atoms with Crippen molar-refractivity contribution in [1.29, 1.82) is 0 Å². The fourth-order valence-electron chi connectivity index (χ4n) is 1.69. The van der Waals surface area contributed by atoms with Gasteiger partial charge in [0, 0.05) is 7.05 Å². The number of carboxylic acid groups (broad SMARTS) is 1. The van der Waals surface area contributed by atoms with E-state index < -0.39 is 61.1 Å². The van der Waals surface area contributed by atoms with Gasteiger partial charge in [0.05, 0.1) is 25.2 Å². The van der Waals surface area contributed by atoms with Crippen molar-refractivity contribution < 1.29 is 34.5 Å². The van der Waals surface area contributed by atoms with Gasteiger partial charge < -0.3 is 37.4 Å². The minimum Gasteiger partial charge on any atom is -0.480 e. The molecule has 0 aromatic heterocycles. The molecule has 0 fully saturated rings. The van der Waals surface area contributed by atoms with E-state index in [1.807, 2.05) is 5.32 Å². The zero-order valence-corrected chi connectivity index (χ0v) is 15.5. The lowest BCUT2D eigenvalue weighted by molar-refractivity contribution is -0.140. The summed E-state index contributed by atoms with van der Waals surface area (Å²) in [5.41, 5.74) is 13.1. The molecule has 10 N–H and O–H groups in total. The van der Waals surface area contributed by atoms with Gasteiger partial charge in [-0.1, -0.05) is 12.2 Å². The number of hydrogen-bond acceptors (Lipinski definition) is 8. The molecule has 0 heterocycles. The molecule has 154 valence electrons. The first-order valence-electron chi connectivity index (χ1n) is 7.61. The van der Waals surface area contributed by atoms with Crippen molar-refractivity contribution in [2.24, 2.45) is 11.5 Å². The van der Waals surface area contributed by atoms with E-state index in [9.17, 15) is 24.3 Å². The van der Waals surface area contributed by atoms with Gasteiger partial charge in [0.25, 0.3) is 5.91 Å². The summed E-state index contributed by atoms with van der Waals surface area (Å²) in [6, 6.07) is -5.16. The Hall–Kier alpha value is -2.55. The number of nitrogens with two attached hydrogens (primary N) is 2. The van der Waals surface area contributed by atoms with Crippen molar-refractivity contribution in [3.63, 3.8) is 0 Å². The number of nitrogens with zero attached hydrogens (tertiary/aromatic N) is 1. The highest BCUT2D eigenvalue weighted by Crippen LogP contribution is 1.99. The third-order valence-electron chi connectivity index (χ3n) is 3.23. The molecule has 13 nitrogen and oxygen atoms in total. The van der Waals surface area contributed by atoms with Crippen LogP contribution in [0.5, 0.6) is 0 Å². The summed E-state index contributed by atoms with van der Waals surface area (Å²) >= 11 is 4.94. The third-order valence-corrected chi connectivity index (χ3v) is 3.59. The smallest absolute Gasteiger partial charge is 0.328 e. The first-order chi connectivity index (χ1) is 12.4. The largest absolute Gasteiger partial charge is 0.480 e. The Morgan fingerprint density at radius 2 is 1.70 bits per heavy atom. The summed E-state index contributed by atoms with van der Waals surface area (Å²) in [7, 11) is 1.23. The fourth-order valence-corrected chi connectivity index (χ4v) is 2.03. The first kappa shape index (κ1) is 24.5. The molecule has 4 unspecified atom stereocenters. The van der Waals surface area contributed by atoms with E-state index in [1.165, 1.54) is 14.0 Å². The molecule has 0 aliphatic heterocycles. The number of aliphatic hydroxyl groups excluding tert-OH is 2. The highest BCUT2D eigenvalue weighted by Gasteiger charge is 2.29. The Kier molecular flexibility index (Phi) is 10.2. The number of aliphatic carboxylic acids is 1. The summed E-state index contributed by atoms with van der Waals surface area (Å²) in [5, 5.41) is 31.9. The number of primary amides is 1. The molecule has 0 saturated carbocycles. The molecule has 0 saturated heterocycles. The number of hydrazine groups is 1. The van der Waals surface area contributed by atoms with E-state index in [2.05, 4.69) is 10.7 Å². The lowest BCUT2D eigenvalue weighted by Gasteiger charge is -2.27. The number of rotatable bonds is 9. The fraction of sp³-hybridized carbons (Fsp3) is 0.615. The van der Waals surface area contributed by atoms with Crippen LogP contribution in [0.25, 0.3) is 0 Å². The van der Waals surface area contributed by atoms with Crippen LogP contribution in [-0.4, -0.2) is 87.0 Å². The molecule has 0 aliphatic rings. The number of aliphatic hydroxyl groups is 2. The Labute approximate surface area is 160 Å². The number of likely N-dealkylation sites (N-methyl/N-ethyl adjacent to an activating group) is 1. The number of amides is 4. The van der Waals surface area contributed by atoms with Gasteiger partial charge in [-0.15, -0.1) is 0 Å². The van der Waals surface area contributed by atoms with Gasteiger partial charge in [-0.2, -0.15) is 0 Å². The minimum absolute atomic E-state index is 0.0747. The number of carbonyl (C=O) groups is 4. The predicted molar refractivity (Wildman–Crippen MR) is 95.9 cm³/mol. The summed E-state index contributed by atoms with van der Waals surface area (Å²) in [5.74, 6) is -3.26. The molecule has 0 radical (unpaired) electrons. The predicted octanol–water partition coefficient (Wildman–Crippen LogP) is -4.03. The van der Waals surface area contributed by atoms with Crippen LogP contribution in [0.15, 0.2) is 0 Å². The van der Waals surface area contributed by atoms with Crippen LogP contribution in [0.1, 0.15) is 13.3 Å². The standard InChI is InChI=1S/C13H24N6O7S/c1-5(21)9(15)10(27)18-19(2)11(23)6(3-8(14)22)16-13(26)17-7(4-20)12(24)25/h5-7,9,20-21H,3-4,15H2,1-2H3,(H2,14,22)(H,18,27)(H,24,25)(H2,16,17,26). The molecule has 14 heteroatoms. The highest BCUT2D eigenvalue weighted by atomic mass is 32.1. The quantitative estimate of drug-likeness (QED) is 0.136. The molecule has 27 heavy (non-hydrogen) atoms. The lowest BCUT2D eigenvalue weighted by atomic mass is 10.2. The summed E-state index contributed by atoms with van der Waals surface area (Å²) < 4.78 is 0. The van der Waals surface area contributed by atoms with Crippen LogP contribution in [0.4, 0.5) is 4.79 Å². The number of hydrogen-bond donors (Lipinski definition) is 8. The lowest BCUT2D eigenvalue weighted by Crippen LogP contribution is -2.59. The maximum atomic E-state index is 12.4. The average molecular weight is 408 g/mol. The van der Waals surface area contributed by atoms with Crippen LogP contribution in [0, 0.1) is 0 Å². The number of urea groups is 1. The zero-order chi connectivity index (χ0) is 21.3. The van der Waals surface area contributed by atoms with Crippen molar-refractivity contribution in [3.8, 4) is 0 Å². The van der Waals surface area contributed by atoms with Crippen molar-refractivity contribution >= 4 is 41.0 Å². The van der Waals surface area contributed by atoms with Gasteiger partial charge >= 0.3 is 12.0 Å².